The van der Waals surface area contributed by atoms with Crippen LogP contribution >= 0.6 is 0 Å². The van der Waals surface area contributed by atoms with Crippen LogP contribution in [-0.2, 0) is 9.63 Å². The molecule has 58 valence electrons. The van der Waals surface area contributed by atoms with Crippen molar-refractivity contribution < 1.29 is 9.63 Å². The molecule has 0 atom stereocenters. The van der Waals surface area contributed by atoms with E-state index in [-0.39, 0.29) is 5.78 Å². The summed E-state index contributed by atoms with van der Waals surface area (Å²) in [6, 6.07) is 0. The molecule has 0 aromatic heterocycles. The van der Waals surface area contributed by atoms with Crippen molar-refractivity contribution in [2.75, 3.05) is 7.11 Å². The molecule has 3 heteroatoms. The lowest BCUT2D eigenvalue weighted by Crippen LogP contribution is -2.09. The van der Waals surface area contributed by atoms with Gasteiger partial charge >= 0.3 is 0 Å². The minimum absolute atomic E-state index is 0.0596. The second-order valence-corrected chi connectivity index (χ2v) is 2.03. The molecule has 0 bridgehead atoms. The van der Waals surface area contributed by atoms with Crippen LogP contribution in [-0.4, -0.2) is 18.6 Å². The van der Waals surface area contributed by atoms with Crippen LogP contribution in [0.1, 0.15) is 26.7 Å². The Kier molecular flexibility index (Phi) is 4.54. The van der Waals surface area contributed by atoms with Crippen molar-refractivity contribution in [3.63, 3.8) is 0 Å². The van der Waals surface area contributed by atoms with E-state index in [0.717, 1.165) is 6.42 Å². The number of Topliss-reactive ketones (excluding diaryl/α,β-unsaturated/α-hetero) is 1. The minimum Gasteiger partial charge on any atom is -0.399 e. The topological polar surface area (TPSA) is 38.7 Å². The Morgan fingerprint density at radius 1 is 1.60 bits per heavy atom. The van der Waals surface area contributed by atoms with Gasteiger partial charge in [0, 0.05) is 6.42 Å². The summed E-state index contributed by atoms with van der Waals surface area (Å²) in [5, 5.41) is 3.51. The Balaban J connectivity index is 3.82. The van der Waals surface area contributed by atoms with Crippen LogP contribution in [0.15, 0.2) is 5.16 Å². The normalized spacial score (nSPS) is 11.3. The Morgan fingerprint density at radius 3 is 2.60 bits per heavy atom. The fourth-order valence-electron chi connectivity index (χ4n) is 0.596. The maximum Gasteiger partial charge on any atom is 0.180 e. The molecule has 0 aromatic carbocycles. The summed E-state index contributed by atoms with van der Waals surface area (Å²) >= 11 is 0. The smallest absolute Gasteiger partial charge is 0.180 e. The van der Waals surface area contributed by atoms with Crippen LogP contribution in [0, 0.1) is 0 Å². The average molecular weight is 143 g/mol. The zero-order chi connectivity index (χ0) is 7.98. The van der Waals surface area contributed by atoms with Gasteiger partial charge in [0.15, 0.2) is 5.78 Å². The molecule has 0 unspecified atom stereocenters. The predicted octanol–water partition coefficient (Wildman–Crippen LogP) is 1.38. The van der Waals surface area contributed by atoms with Gasteiger partial charge in [0.2, 0.25) is 0 Å². The van der Waals surface area contributed by atoms with Gasteiger partial charge in [0.05, 0.1) is 0 Å². The van der Waals surface area contributed by atoms with Gasteiger partial charge < -0.3 is 4.84 Å². The Morgan fingerprint density at radius 2 is 2.20 bits per heavy atom. The van der Waals surface area contributed by atoms with E-state index < -0.39 is 0 Å². The van der Waals surface area contributed by atoms with E-state index in [2.05, 4.69) is 9.99 Å². The molecule has 0 saturated heterocycles. The highest BCUT2D eigenvalue weighted by Gasteiger charge is 2.03. The third-order valence-corrected chi connectivity index (χ3v) is 1.11. The van der Waals surface area contributed by atoms with Crippen molar-refractivity contribution in [1.29, 1.82) is 0 Å². The number of rotatable bonds is 4. The van der Waals surface area contributed by atoms with E-state index in [1.807, 2.05) is 6.92 Å². The van der Waals surface area contributed by atoms with Gasteiger partial charge in [-0.05, 0) is 13.3 Å². The number of hydrogen-bond acceptors (Lipinski definition) is 3. The lowest BCUT2D eigenvalue weighted by atomic mass is 10.2. The number of ketones is 1. The van der Waals surface area contributed by atoms with Crippen molar-refractivity contribution in [3.8, 4) is 0 Å². The van der Waals surface area contributed by atoms with Crippen LogP contribution in [0.3, 0.4) is 0 Å². The SMILES string of the molecule is CCCC(=O)C(C)=NOC. The third-order valence-electron chi connectivity index (χ3n) is 1.11. The van der Waals surface area contributed by atoms with Crippen LogP contribution in [0.2, 0.25) is 0 Å². The maximum absolute atomic E-state index is 10.9. The number of carbonyl (C=O) groups is 1. The molecule has 0 aliphatic carbocycles. The van der Waals surface area contributed by atoms with E-state index in [9.17, 15) is 4.79 Å². The number of nitrogens with zero attached hydrogens (tertiary/aromatic N) is 1. The summed E-state index contributed by atoms with van der Waals surface area (Å²) in [4.78, 5) is 15.4. The summed E-state index contributed by atoms with van der Waals surface area (Å²) in [7, 11) is 1.43. The molecule has 0 fully saturated rings. The second kappa shape index (κ2) is 4.97. The summed E-state index contributed by atoms with van der Waals surface area (Å²) < 4.78 is 0. The fourth-order valence-corrected chi connectivity index (χ4v) is 0.596. The van der Waals surface area contributed by atoms with Crippen molar-refractivity contribution in [3.05, 3.63) is 0 Å². The van der Waals surface area contributed by atoms with Crippen molar-refractivity contribution in [2.45, 2.75) is 26.7 Å². The Hall–Kier alpha value is -0.860. The lowest BCUT2D eigenvalue weighted by molar-refractivity contribution is -0.113. The van der Waals surface area contributed by atoms with Gasteiger partial charge in [-0.3, -0.25) is 4.79 Å². The first-order valence-corrected chi connectivity index (χ1v) is 3.33. The standard InChI is InChI=1S/C7H13NO2/c1-4-5-7(9)6(2)8-10-3/h4-5H2,1-3H3. The largest absolute Gasteiger partial charge is 0.399 e. The van der Waals surface area contributed by atoms with Crippen LogP contribution in [0.25, 0.3) is 0 Å². The number of oxime groups is 1. The number of hydrogen-bond donors (Lipinski definition) is 0. The van der Waals surface area contributed by atoms with E-state index >= 15 is 0 Å². The maximum atomic E-state index is 10.9. The van der Waals surface area contributed by atoms with Crippen LogP contribution in [0.5, 0.6) is 0 Å². The average Bonchev–Trinajstić information content (AvgIpc) is 1.89. The molecule has 3 nitrogen and oxygen atoms in total. The summed E-state index contributed by atoms with van der Waals surface area (Å²) in [6.45, 7) is 3.61. The Labute approximate surface area is 61.1 Å². The highest BCUT2D eigenvalue weighted by atomic mass is 16.6. The fraction of sp³-hybridized carbons (Fsp3) is 0.714. The minimum atomic E-state index is 0.0596. The molecule has 0 saturated carbocycles. The molecule has 0 rings (SSSR count). The zero-order valence-corrected chi connectivity index (χ0v) is 6.68. The highest BCUT2D eigenvalue weighted by molar-refractivity contribution is 6.38. The highest BCUT2D eigenvalue weighted by Crippen LogP contribution is 1.91. The van der Waals surface area contributed by atoms with Gasteiger partial charge in [0.25, 0.3) is 0 Å². The quantitative estimate of drug-likeness (QED) is 0.440. The van der Waals surface area contributed by atoms with Gasteiger partial charge in [-0.1, -0.05) is 12.1 Å². The zero-order valence-electron chi connectivity index (χ0n) is 6.68. The molecule has 0 aliphatic rings. The van der Waals surface area contributed by atoms with Gasteiger partial charge in [-0.2, -0.15) is 0 Å². The molecule has 0 heterocycles. The van der Waals surface area contributed by atoms with Gasteiger partial charge in [0.1, 0.15) is 12.8 Å². The van der Waals surface area contributed by atoms with E-state index in [1.165, 1.54) is 7.11 Å². The van der Waals surface area contributed by atoms with E-state index in [1.54, 1.807) is 6.92 Å². The van der Waals surface area contributed by atoms with Crippen LogP contribution < -0.4 is 0 Å². The molecule has 0 spiro atoms. The monoisotopic (exact) mass is 143 g/mol. The molecular weight excluding hydrogens is 130 g/mol. The predicted molar refractivity (Wildman–Crippen MR) is 40.0 cm³/mol. The molecule has 0 amide bonds. The number of carbonyl (C=O) groups excluding carboxylic acids is 1. The van der Waals surface area contributed by atoms with E-state index in [4.69, 9.17) is 0 Å². The summed E-state index contributed by atoms with van der Waals surface area (Å²) in [5.74, 6) is 0.0596. The molecule has 0 radical (unpaired) electrons. The first-order valence-electron chi connectivity index (χ1n) is 3.33. The summed E-state index contributed by atoms with van der Waals surface area (Å²) in [6.07, 6.45) is 1.41. The first-order chi connectivity index (χ1) is 4.72. The van der Waals surface area contributed by atoms with Crippen molar-refractivity contribution in [2.24, 2.45) is 5.16 Å². The van der Waals surface area contributed by atoms with Crippen molar-refractivity contribution >= 4 is 11.5 Å². The molecule has 0 aliphatic heterocycles. The Bertz CT molecular complexity index is 141. The van der Waals surface area contributed by atoms with Crippen LogP contribution in [0.4, 0.5) is 0 Å². The molecule has 10 heavy (non-hydrogen) atoms. The second-order valence-electron chi connectivity index (χ2n) is 2.03. The third kappa shape index (κ3) is 3.22. The first kappa shape index (κ1) is 9.14. The lowest BCUT2D eigenvalue weighted by Gasteiger charge is -1.94. The summed E-state index contributed by atoms with van der Waals surface area (Å²) in [5.41, 5.74) is 0.448. The molecular formula is C7H13NO2. The van der Waals surface area contributed by atoms with Gasteiger partial charge in [-0.15, -0.1) is 0 Å². The van der Waals surface area contributed by atoms with Crippen molar-refractivity contribution in [1.82, 2.24) is 0 Å². The van der Waals surface area contributed by atoms with E-state index in [0.29, 0.717) is 12.1 Å². The molecule has 0 N–H and O–H groups in total. The molecule has 0 aromatic rings. The van der Waals surface area contributed by atoms with Gasteiger partial charge in [-0.25, -0.2) is 0 Å².